The molecule has 0 aliphatic rings. The summed E-state index contributed by atoms with van der Waals surface area (Å²) in [5, 5.41) is 14.7. The molecule has 168 valence electrons. The van der Waals surface area contributed by atoms with Crippen LogP contribution in [0.25, 0.3) is 0 Å². The van der Waals surface area contributed by atoms with Crippen molar-refractivity contribution in [2.45, 2.75) is 60.5 Å². The molecule has 0 aliphatic carbocycles. The minimum atomic E-state index is -0.0399. The van der Waals surface area contributed by atoms with Gasteiger partial charge < -0.3 is 5.32 Å². The van der Waals surface area contributed by atoms with Crippen molar-refractivity contribution in [3.8, 4) is 6.07 Å². The molecule has 1 aromatic carbocycles. The Morgan fingerprint density at radius 2 is 1.90 bits per heavy atom. The molecule has 4 nitrogen and oxygen atoms in total. The number of anilines is 1. The van der Waals surface area contributed by atoms with Crippen molar-refractivity contribution in [1.29, 1.82) is 5.26 Å². The largest absolute Gasteiger partial charge is 0.316 e. The number of amides is 1. The minimum absolute atomic E-state index is 0.0127. The summed E-state index contributed by atoms with van der Waals surface area (Å²) in [6.45, 7) is 12.6. The maximum atomic E-state index is 12.6. The molecule has 2 rings (SSSR count). The molecular weight excluding hydrogens is 449 g/mol. The van der Waals surface area contributed by atoms with Crippen LogP contribution < -0.4 is 5.32 Å². The quantitative estimate of drug-likeness (QED) is 0.389. The third-order valence-electron chi connectivity index (χ3n) is 5.35. The lowest BCUT2D eigenvalue weighted by atomic mass is 10.0. The summed E-state index contributed by atoms with van der Waals surface area (Å²) in [5.41, 5.74) is 2.51. The second kappa shape index (κ2) is 11.9. The second-order valence-corrected chi connectivity index (χ2v) is 10.2. The highest BCUT2D eigenvalue weighted by atomic mass is 35.5. The predicted octanol–water partition coefficient (Wildman–Crippen LogP) is 7.27. The first-order valence-corrected chi connectivity index (χ1v) is 12.3. The fourth-order valence-electron chi connectivity index (χ4n) is 3.60. The molecule has 0 unspecified atom stereocenters. The van der Waals surface area contributed by atoms with Crippen molar-refractivity contribution in [1.82, 2.24) is 4.90 Å². The lowest BCUT2D eigenvalue weighted by molar-refractivity contribution is -0.120. The summed E-state index contributed by atoms with van der Waals surface area (Å²) >= 11 is 14.0. The first-order valence-electron chi connectivity index (χ1n) is 10.7. The number of hydrogen-bond acceptors (Lipinski definition) is 4. The summed E-state index contributed by atoms with van der Waals surface area (Å²) in [7, 11) is 0. The van der Waals surface area contributed by atoms with Gasteiger partial charge in [-0.15, -0.1) is 11.3 Å². The molecule has 1 aromatic heterocycles. The van der Waals surface area contributed by atoms with Crippen LogP contribution in [0.3, 0.4) is 0 Å². The third-order valence-corrected chi connectivity index (χ3v) is 7.13. The average molecular weight is 481 g/mol. The van der Waals surface area contributed by atoms with E-state index in [1.54, 1.807) is 6.07 Å². The van der Waals surface area contributed by atoms with Gasteiger partial charge in [0, 0.05) is 40.5 Å². The molecule has 1 amide bonds. The number of carbonyl (C=O) groups excluding carboxylic acids is 1. The maximum Gasteiger partial charge on any atom is 0.228 e. The molecule has 0 radical (unpaired) electrons. The molecule has 0 bridgehead atoms. The lowest BCUT2D eigenvalue weighted by Crippen LogP contribution is -2.27. The Bertz CT molecular complexity index is 945. The minimum Gasteiger partial charge on any atom is -0.316 e. The van der Waals surface area contributed by atoms with Gasteiger partial charge in [0.15, 0.2) is 0 Å². The number of rotatable bonds is 10. The van der Waals surface area contributed by atoms with Gasteiger partial charge >= 0.3 is 0 Å². The molecule has 0 spiro atoms. The van der Waals surface area contributed by atoms with Crippen molar-refractivity contribution in [3.05, 3.63) is 49.8 Å². The van der Waals surface area contributed by atoms with E-state index in [0.29, 0.717) is 39.6 Å². The van der Waals surface area contributed by atoms with Gasteiger partial charge in [0.05, 0.1) is 5.56 Å². The van der Waals surface area contributed by atoms with Gasteiger partial charge in [-0.3, -0.25) is 9.69 Å². The second-order valence-electron chi connectivity index (χ2n) is 8.27. The number of thiophene rings is 1. The first kappa shape index (κ1) is 25.7. The number of benzene rings is 1. The topological polar surface area (TPSA) is 56.1 Å². The number of nitrogens with zero attached hydrogens (tertiary/aromatic N) is 2. The summed E-state index contributed by atoms with van der Waals surface area (Å²) in [6.07, 6.45) is 1.57. The van der Waals surface area contributed by atoms with Crippen LogP contribution in [0, 0.1) is 30.1 Å². The van der Waals surface area contributed by atoms with Crippen LogP contribution in [0.2, 0.25) is 10.0 Å². The molecule has 7 heteroatoms. The summed E-state index contributed by atoms with van der Waals surface area (Å²) in [6, 6.07) is 7.86. The fraction of sp³-hybridized carbons (Fsp3) is 0.500. The van der Waals surface area contributed by atoms with Gasteiger partial charge in [-0.05, 0) is 48.9 Å². The molecular formula is C24H31Cl2N3OS. The van der Waals surface area contributed by atoms with Gasteiger partial charge in [0.1, 0.15) is 11.1 Å². The van der Waals surface area contributed by atoms with E-state index in [2.05, 4.69) is 30.1 Å². The van der Waals surface area contributed by atoms with Crippen LogP contribution in [-0.4, -0.2) is 17.4 Å². The standard InChI is InChI=1S/C24H31Cl2N3OS/c1-6-17(7-2)23(30)28-24-20(11-27)16(5)22(31-24)14-29(12-15(3)4)13-18-8-9-19(25)10-21(18)26/h8-10,15,17H,6-7,12-14H2,1-5H3,(H,28,30). The van der Waals surface area contributed by atoms with Crippen molar-refractivity contribution in [2.24, 2.45) is 11.8 Å². The third kappa shape index (κ3) is 6.95. The van der Waals surface area contributed by atoms with Crippen LogP contribution >= 0.6 is 34.5 Å². The van der Waals surface area contributed by atoms with E-state index in [-0.39, 0.29) is 11.8 Å². The summed E-state index contributed by atoms with van der Waals surface area (Å²) in [5.74, 6) is 0.416. The van der Waals surface area contributed by atoms with Crippen LogP contribution in [0.15, 0.2) is 18.2 Å². The molecule has 2 aromatic rings. The van der Waals surface area contributed by atoms with Crippen molar-refractivity contribution < 1.29 is 4.79 Å². The Morgan fingerprint density at radius 1 is 1.23 bits per heavy atom. The molecule has 0 aliphatic heterocycles. The van der Waals surface area contributed by atoms with Gasteiger partial charge in [-0.2, -0.15) is 5.26 Å². The Labute approximate surface area is 200 Å². The maximum absolute atomic E-state index is 12.6. The number of nitrogens with one attached hydrogen (secondary N) is 1. The van der Waals surface area contributed by atoms with Crippen molar-refractivity contribution in [3.63, 3.8) is 0 Å². The molecule has 0 saturated carbocycles. The average Bonchev–Trinajstić information content (AvgIpc) is 2.98. The van der Waals surface area contributed by atoms with E-state index in [0.717, 1.165) is 35.4 Å². The lowest BCUT2D eigenvalue weighted by Gasteiger charge is -2.24. The van der Waals surface area contributed by atoms with E-state index in [4.69, 9.17) is 23.2 Å². The van der Waals surface area contributed by atoms with Crippen molar-refractivity contribution >= 4 is 45.4 Å². The number of halogens is 2. The zero-order valence-corrected chi connectivity index (χ0v) is 21.2. The molecule has 1 heterocycles. The molecule has 0 fully saturated rings. The monoisotopic (exact) mass is 479 g/mol. The van der Waals surface area contributed by atoms with Gasteiger partial charge in [0.25, 0.3) is 0 Å². The number of hydrogen-bond donors (Lipinski definition) is 1. The molecule has 1 N–H and O–H groups in total. The van der Waals surface area contributed by atoms with E-state index in [1.807, 2.05) is 32.9 Å². The zero-order chi connectivity index (χ0) is 23.1. The van der Waals surface area contributed by atoms with E-state index < -0.39 is 0 Å². The Kier molecular flexibility index (Phi) is 9.84. The van der Waals surface area contributed by atoms with Crippen LogP contribution in [-0.2, 0) is 17.9 Å². The summed E-state index contributed by atoms with van der Waals surface area (Å²) < 4.78 is 0. The fourth-order valence-corrected chi connectivity index (χ4v) is 5.27. The highest BCUT2D eigenvalue weighted by Crippen LogP contribution is 2.34. The van der Waals surface area contributed by atoms with E-state index in [9.17, 15) is 10.1 Å². The predicted molar refractivity (Wildman–Crippen MR) is 132 cm³/mol. The van der Waals surface area contributed by atoms with Gasteiger partial charge in [-0.1, -0.05) is 57.0 Å². The van der Waals surface area contributed by atoms with Crippen LogP contribution in [0.5, 0.6) is 0 Å². The van der Waals surface area contributed by atoms with Crippen LogP contribution in [0.1, 0.15) is 62.1 Å². The first-order chi connectivity index (χ1) is 14.7. The Balaban J connectivity index is 2.28. The van der Waals surface area contributed by atoms with Gasteiger partial charge in [-0.25, -0.2) is 0 Å². The normalized spacial score (nSPS) is 11.4. The highest BCUT2D eigenvalue weighted by molar-refractivity contribution is 7.16. The number of carbonyl (C=O) groups is 1. The van der Waals surface area contributed by atoms with Crippen molar-refractivity contribution in [2.75, 3.05) is 11.9 Å². The molecule has 0 saturated heterocycles. The highest BCUT2D eigenvalue weighted by Gasteiger charge is 2.22. The van der Waals surface area contributed by atoms with E-state index >= 15 is 0 Å². The number of nitriles is 1. The van der Waals surface area contributed by atoms with Gasteiger partial charge in [0.2, 0.25) is 5.91 Å². The SMILES string of the molecule is CCC(CC)C(=O)Nc1sc(CN(Cc2ccc(Cl)cc2Cl)CC(C)C)c(C)c1C#N. The molecule has 31 heavy (non-hydrogen) atoms. The zero-order valence-electron chi connectivity index (χ0n) is 18.9. The summed E-state index contributed by atoms with van der Waals surface area (Å²) in [4.78, 5) is 16.0. The Morgan fingerprint density at radius 3 is 2.45 bits per heavy atom. The Hall–Kier alpha value is -1.58. The van der Waals surface area contributed by atoms with Crippen LogP contribution in [0.4, 0.5) is 5.00 Å². The smallest absolute Gasteiger partial charge is 0.228 e. The molecule has 0 atom stereocenters. The van der Waals surface area contributed by atoms with E-state index in [1.165, 1.54) is 11.3 Å².